The first-order valence-corrected chi connectivity index (χ1v) is 4.55. The van der Waals surface area contributed by atoms with Crippen LogP contribution in [-0.4, -0.2) is 0 Å². The van der Waals surface area contributed by atoms with Gasteiger partial charge in [0.25, 0.3) is 0 Å². The Morgan fingerprint density at radius 2 is 2.08 bits per heavy atom. The number of hydrogen-bond acceptors (Lipinski definition) is 0. The van der Waals surface area contributed by atoms with Gasteiger partial charge in [-0.15, -0.1) is 0 Å². The molecule has 1 aromatic rings. The highest BCUT2D eigenvalue weighted by Gasteiger charge is 2.11. The molecule has 0 amide bonds. The topological polar surface area (TPSA) is 0 Å². The van der Waals surface area contributed by atoms with E-state index in [1.165, 1.54) is 41.5 Å². The molecule has 0 radical (unpaired) electrons. The van der Waals surface area contributed by atoms with Crippen LogP contribution in [-0.2, 0) is 6.42 Å². The van der Waals surface area contributed by atoms with Gasteiger partial charge in [0, 0.05) is 0 Å². The van der Waals surface area contributed by atoms with E-state index in [9.17, 15) is 0 Å². The van der Waals surface area contributed by atoms with Crippen LogP contribution < -0.4 is 0 Å². The molecule has 0 N–H and O–H groups in total. The zero-order chi connectivity index (χ0) is 8.55. The Balaban J connectivity index is 2.53. The average Bonchev–Trinajstić information content (AvgIpc) is 2.04. The Labute approximate surface area is 73.9 Å². The molecule has 0 heteroatoms. The van der Waals surface area contributed by atoms with Crippen LogP contribution in [0.15, 0.2) is 24.8 Å². The molecule has 0 unspecified atom stereocenters. The van der Waals surface area contributed by atoms with Crippen molar-refractivity contribution in [3.8, 4) is 0 Å². The second-order valence-corrected chi connectivity index (χ2v) is 3.62. The van der Waals surface area contributed by atoms with Gasteiger partial charge in [0.1, 0.15) is 0 Å². The molecule has 2 rings (SSSR count). The van der Waals surface area contributed by atoms with Crippen LogP contribution in [0, 0.1) is 6.92 Å². The molecular weight excluding hydrogens is 144 g/mol. The van der Waals surface area contributed by atoms with Crippen molar-refractivity contribution in [3.05, 3.63) is 41.5 Å². The van der Waals surface area contributed by atoms with Crippen molar-refractivity contribution < 1.29 is 0 Å². The molecule has 0 saturated carbocycles. The van der Waals surface area contributed by atoms with E-state index in [2.05, 4.69) is 31.7 Å². The van der Waals surface area contributed by atoms with Crippen molar-refractivity contribution in [3.63, 3.8) is 0 Å². The molecule has 62 valence electrons. The third-order valence-electron chi connectivity index (χ3n) is 2.57. The Bertz CT molecular complexity index is 321. The highest BCUT2D eigenvalue weighted by Crippen LogP contribution is 2.29. The number of rotatable bonds is 0. The van der Waals surface area contributed by atoms with E-state index in [0.29, 0.717) is 0 Å². The maximum absolute atomic E-state index is 4.09. The third kappa shape index (κ3) is 1.18. The van der Waals surface area contributed by atoms with Gasteiger partial charge in [-0.2, -0.15) is 0 Å². The Morgan fingerprint density at radius 1 is 1.25 bits per heavy atom. The van der Waals surface area contributed by atoms with E-state index in [1.54, 1.807) is 0 Å². The lowest BCUT2D eigenvalue weighted by Gasteiger charge is -2.18. The number of hydrogen-bond donors (Lipinski definition) is 0. The molecular formula is C12H14. The quantitative estimate of drug-likeness (QED) is 0.543. The highest BCUT2D eigenvalue weighted by molar-refractivity contribution is 5.68. The lowest BCUT2D eigenvalue weighted by atomic mass is 9.87. The summed E-state index contributed by atoms with van der Waals surface area (Å²) in [5, 5.41) is 0. The first-order valence-electron chi connectivity index (χ1n) is 4.55. The van der Waals surface area contributed by atoms with Crippen LogP contribution in [0.25, 0.3) is 5.57 Å². The fourth-order valence-corrected chi connectivity index (χ4v) is 1.90. The van der Waals surface area contributed by atoms with Gasteiger partial charge in [0.05, 0.1) is 0 Å². The molecule has 1 aromatic carbocycles. The minimum atomic E-state index is 1.18. The Hall–Kier alpha value is -1.04. The van der Waals surface area contributed by atoms with Crippen molar-refractivity contribution >= 4 is 5.57 Å². The second-order valence-electron chi connectivity index (χ2n) is 3.62. The van der Waals surface area contributed by atoms with Gasteiger partial charge in [-0.1, -0.05) is 30.3 Å². The maximum atomic E-state index is 4.09. The van der Waals surface area contributed by atoms with Gasteiger partial charge in [0.15, 0.2) is 0 Å². The monoisotopic (exact) mass is 158 g/mol. The summed E-state index contributed by atoms with van der Waals surface area (Å²) in [6.07, 6.45) is 3.68. The first kappa shape index (κ1) is 7.60. The van der Waals surface area contributed by atoms with Crippen LogP contribution in [0.4, 0.5) is 0 Å². The van der Waals surface area contributed by atoms with E-state index >= 15 is 0 Å². The van der Waals surface area contributed by atoms with Gasteiger partial charge >= 0.3 is 0 Å². The fraction of sp³-hybridized carbons (Fsp3) is 0.333. The largest absolute Gasteiger partial charge is 0.0952 e. The second kappa shape index (κ2) is 2.78. The minimum absolute atomic E-state index is 1.18. The predicted octanol–water partition coefficient (Wildman–Crippen LogP) is 3.34. The number of aryl methyl sites for hydroxylation is 2. The molecule has 0 bridgehead atoms. The molecule has 0 spiro atoms. The van der Waals surface area contributed by atoms with Crippen LogP contribution in [0.1, 0.15) is 29.5 Å². The molecule has 0 atom stereocenters. The van der Waals surface area contributed by atoms with E-state index in [1.807, 2.05) is 0 Å². The van der Waals surface area contributed by atoms with Crippen LogP contribution in [0.3, 0.4) is 0 Å². The molecule has 12 heavy (non-hydrogen) atoms. The smallest absolute Gasteiger partial charge is 0.0198 e. The average molecular weight is 158 g/mol. The van der Waals surface area contributed by atoms with Crippen molar-refractivity contribution in [1.82, 2.24) is 0 Å². The normalized spacial score (nSPS) is 15.9. The Kier molecular flexibility index (Phi) is 1.76. The number of allylic oxidation sites excluding steroid dienone is 1. The molecule has 0 heterocycles. The summed E-state index contributed by atoms with van der Waals surface area (Å²) in [6, 6.07) is 6.68. The van der Waals surface area contributed by atoms with Crippen LogP contribution in [0.5, 0.6) is 0 Å². The zero-order valence-corrected chi connectivity index (χ0v) is 7.56. The standard InChI is InChI=1S/C12H14/c1-9-6-7-12-10(2)4-3-5-11(12)8-9/h6-8H,2-5H2,1H3. The number of fused-ring (bicyclic) bond motifs is 1. The molecule has 1 aliphatic carbocycles. The third-order valence-corrected chi connectivity index (χ3v) is 2.57. The van der Waals surface area contributed by atoms with Gasteiger partial charge in [0.2, 0.25) is 0 Å². The zero-order valence-electron chi connectivity index (χ0n) is 7.56. The molecule has 0 fully saturated rings. The van der Waals surface area contributed by atoms with Gasteiger partial charge < -0.3 is 0 Å². The summed E-state index contributed by atoms with van der Waals surface area (Å²) in [6.45, 7) is 6.24. The fourth-order valence-electron chi connectivity index (χ4n) is 1.90. The predicted molar refractivity (Wildman–Crippen MR) is 53.2 cm³/mol. The van der Waals surface area contributed by atoms with Crippen LogP contribution >= 0.6 is 0 Å². The van der Waals surface area contributed by atoms with Crippen molar-refractivity contribution in [2.45, 2.75) is 26.2 Å². The van der Waals surface area contributed by atoms with Crippen molar-refractivity contribution in [2.24, 2.45) is 0 Å². The maximum Gasteiger partial charge on any atom is -0.0198 e. The summed E-state index contributed by atoms with van der Waals surface area (Å²) in [4.78, 5) is 0. The Morgan fingerprint density at radius 3 is 2.92 bits per heavy atom. The molecule has 1 aliphatic rings. The van der Waals surface area contributed by atoms with E-state index in [0.717, 1.165) is 0 Å². The van der Waals surface area contributed by atoms with Crippen LogP contribution in [0.2, 0.25) is 0 Å². The SMILES string of the molecule is C=C1CCCc2cc(C)ccc21. The van der Waals surface area contributed by atoms with Crippen molar-refractivity contribution in [1.29, 1.82) is 0 Å². The van der Waals surface area contributed by atoms with E-state index in [4.69, 9.17) is 0 Å². The van der Waals surface area contributed by atoms with Gasteiger partial charge in [-0.3, -0.25) is 0 Å². The summed E-state index contributed by atoms with van der Waals surface area (Å²) in [5.74, 6) is 0. The van der Waals surface area contributed by atoms with E-state index in [-0.39, 0.29) is 0 Å². The summed E-state index contributed by atoms with van der Waals surface area (Å²) in [7, 11) is 0. The minimum Gasteiger partial charge on any atom is -0.0952 e. The number of benzene rings is 1. The van der Waals surface area contributed by atoms with Gasteiger partial charge in [-0.05, 0) is 42.9 Å². The summed E-state index contributed by atoms with van der Waals surface area (Å²) in [5.41, 5.74) is 5.57. The molecule has 0 aliphatic heterocycles. The first-order chi connectivity index (χ1) is 5.77. The molecule has 0 saturated heterocycles. The van der Waals surface area contributed by atoms with E-state index < -0.39 is 0 Å². The summed E-state index contributed by atoms with van der Waals surface area (Å²) < 4.78 is 0. The lowest BCUT2D eigenvalue weighted by molar-refractivity contribution is 0.822. The summed E-state index contributed by atoms with van der Waals surface area (Å²) >= 11 is 0. The van der Waals surface area contributed by atoms with Crippen molar-refractivity contribution in [2.75, 3.05) is 0 Å². The molecule has 0 nitrogen and oxygen atoms in total. The highest BCUT2D eigenvalue weighted by atomic mass is 14.2. The molecule has 0 aromatic heterocycles. The lowest BCUT2D eigenvalue weighted by Crippen LogP contribution is -2.00. The van der Waals surface area contributed by atoms with Gasteiger partial charge in [-0.25, -0.2) is 0 Å².